The molecule has 0 amide bonds. The summed E-state index contributed by atoms with van der Waals surface area (Å²) in [7, 11) is 0. The predicted octanol–water partition coefficient (Wildman–Crippen LogP) is 4.92. The standard InChI is InChI=1S/C22H27BrFN3O/c23-18-13-17(15-27-20(18)24)14-25-11-8-21(19-5-1-4-10-26-19)9-12-28-22(16-21)6-2-3-7-22/h1,4-5,10,13,15,25H,2-3,6-9,11-12,14,16H2/t21-/m0/s1. The van der Waals surface area contributed by atoms with Crippen LogP contribution < -0.4 is 5.32 Å². The number of rotatable bonds is 6. The normalized spacial score (nSPS) is 23.9. The van der Waals surface area contributed by atoms with E-state index in [0.29, 0.717) is 11.0 Å². The van der Waals surface area contributed by atoms with Gasteiger partial charge < -0.3 is 10.1 Å². The molecule has 0 aromatic carbocycles. The van der Waals surface area contributed by atoms with Crippen molar-refractivity contribution >= 4 is 15.9 Å². The van der Waals surface area contributed by atoms with Gasteiger partial charge in [0.1, 0.15) is 0 Å². The first-order valence-electron chi connectivity index (χ1n) is 10.2. The molecule has 2 fully saturated rings. The van der Waals surface area contributed by atoms with Gasteiger partial charge in [-0.2, -0.15) is 4.39 Å². The molecule has 1 aliphatic carbocycles. The van der Waals surface area contributed by atoms with Gasteiger partial charge in [-0.25, -0.2) is 4.98 Å². The fourth-order valence-corrected chi connectivity index (χ4v) is 5.31. The number of hydrogen-bond donors (Lipinski definition) is 1. The lowest BCUT2D eigenvalue weighted by atomic mass is 9.68. The third-order valence-electron chi connectivity index (χ3n) is 6.33. The Bertz CT molecular complexity index is 798. The Balaban J connectivity index is 1.45. The zero-order chi connectivity index (χ0) is 19.5. The molecule has 1 atom stereocenters. The van der Waals surface area contributed by atoms with E-state index in [-0.39, 0.29) is 11.0 Å². The Kier molecular flexibility index (Phi) is 6.09. The van der Waals surface area contributed by atoms with Gasteiger partial charge >= 0.3 is 0 Å². The van der Waals surface area contributed by atoms with Gasteiger partial charge in [0.2, 0.25) is 5.95 Å². The highest BCUT2D eigenvalue weighted by molar-refractivity contribution is 9.10. The Morgan fingerprint density at radius 3 is 2.79 bits per heavy atom. The minimum Gasteiger partial charge on any atom is -0.375 e. The van der Waals surface area contributed by atoms with E-state index in [9.17, 15) is 4.39 Å². The number of pyridine rings is 2. The number of ether oxygens (including phenoxy) is 1. The monoisotopic (exact) mass is 447 g/mol. The first-order valence-corrected chi connectivity index (χ1v) is 11.0. The molecule has 1 aliphatic heterocycles. The molecule has 4 nitrogen and oxygen atoms in total. The van der Waals surface area contributed by atoms with Gasteiger partial charge in [0, 0.05) is 36.7 Å². The third-order valence-corrected chi connectivity index (χ3v) is 6.89. The highest BCUT2D eigenvalue weighted by Gasteiger charge is 2.48. The maximum absolute atomic E-state index is 13.3. The number of halogens is 2. The van der Waals surface area contributed by atoms with Gasteiger partial charge in [-0.1, -0.05) is 18.9 Å². The molecular formula is C22H27BrFN3O. The molecular weight excluding hydrogens is 421 g/mol. The zero-order valence-corrected chi connectivity index (χ0v) is 17.7. The van der Waals surface area contributed by atoms with Crippen molar-refractivity contribution in [2.45, 2.75) is 62.5 Å². The number of aromatic nitrogens is 2. The van der Waals surface area contributed by atoms with Gasteiger partial charge in [-0.15, -0.1) is 0 Å². The highest BCUT2D eigenvalue weighted by Crippen LogP contribution is 2.49. The summed E-state index contributed by atoms with van der Waals surface area (Å²) in [6.07, 6.45) is 11.5. The third kappa shape index (κ3) is 4.29. The number of nitrogens with one attached hydrogen (secondary N) is 1. The van der Waals surface area contributed by atoms with Crippen molar-refractivity contribution in [3.63, 3.8) is 0 Å². The molecule has 1 saturated heterocycles. The van der Waals surface area contributed by atoms with Crippen LogP contribution in [0.2, 0.25) is 0 Å². The largest absolute Gasteiger partial charge is 0.375 e. The Morgan fingerprint density at radius 1 is 1.18 bits per heavy atom. The molecule has 2 aliphatic rings. The Morgan fingerprint density at radius 2 is 2.04 bits per heavy atom. The minimum absolute atomic E-state index is 0.0432. The summed E-state index contributed by atoms with van der Waals surface area (Å²) < 4.78 is 20.0. The van der Waals surface area contributed by atoms with Crippen LogP contribution in [0.5, 0.6) is 0 Å². The summed E-state index contributed by atoms with van der Waals surface area (Å²) >= 11 is 3.20. The van der Waals surface area contributed by atoms with Crippen LogP contribution in [0.25, 0.3) is 0 Å². The quantitative estimate of drug-likeness (QED) is 0.504. The average Bonchev–Trinajstić information content (AvgIpc) is 3.16. The fourth-order valence-electron chi connectivity index (χ4n) is 4.91. The molecule has 150 valence electrons. The maximum atomic E-state index is 13.3. The fraction of sp³-hybridized carbons (Fsp3) is 0.545. The first kappa shape index (κ1) is 19.9. The molecule has 2 aromatic rings. The second-order valence-electron chi connectivity index (χ2n) is 8.20. The maximum Gasteiger partial charge on any atom is 0.227 e. The SMILES string of the molecule is Fc1ncc(CNCC[C@]2(c3ccccn3)CCOC3(CCCC3)C2)cc1Br. The Hall–Kier alpha value is -1.37. The predicted molar refractivity (Wildman–Crippen MR) is 111 cm³/mol. The van der Waals surface area contributed by atoms with Crippen LogP contribution in [-0.4, -0.2) is 28.7 Å². The molecule has 0 bridgehead atoms. The van der Waals surface area contributed by atoms with E-state index in [2.05, 4.69) is 38.4 Å². The summed E-state index contributed by atoms with van der Waals surface area (Å²) in [6.45, 7) is 2.36. The second kappa shape index (κ2) is 8.56. The van der Waals surface area contributed by atoms with Crippen LogP contribution in [0.15, 0.2) is 41.1 Å². The molecule has 1 saturated carbocycles. The van der Waals surface area contributed by atoms with Crippen LogP contribution in [0.3, 0.4) is 0 Å². The van der Waals surface area contributed by atoms with Gasteiger partial charge in [0.15, 0.2) is 0 Å². The van der Waals surface area contributed by atoms with Crippen molar-refractivity contribution in [1.29, 1.82) is 0 Å². The van der Waals surface area contributed by atoms with E-state index >= 15 is 0 Å². The molecule has 4 rings (SSSR count). The van der Waals surface area contributed by atoms with E-state index in [0.717, 1.165) is 38.0 Å². The van der Waals surface area contributed by atoms with Gasteiger partial charge in [0.05, 0.1) is 10.1 Å². The molecule has 1 spiro atoms. The lowest BCUT2D eigenvalue weighted by Gasteiger charge is -2.46. The summed E-state index contributed by atoms with van der Waals surface area (Å²) in [5.41, 5.74) is 2.26. The number of nitrogens with zero attached hydrogens (tertiary/aromatic N) is 2. The van der Waals surface area contributed by atoms with Crippen molar-refractivity contribution in [1.82, 2.24) is 15.3 Å². The molecule has 0 radical (unpaired) electrons. The van der Waals surface area contributed by atoms with Gasteiger partial charge in [-0.3, -0.25) is 4.98 Å². The van der Waals surface area contributed by atoms with E-state index in [4.69, 9.17) is 9.72 Å². The van der Waals surface area contributed by atoms with Crippen LogP contribution in [0.4, 0.5) is 4.39 Å². The van der Waals surface area contributed by atoms with E-state index in [1.807, 2.05) is 12.3 Å². The van der Waals surface area contributed by atoms with Crippen molar-refractivity contribution in [3.05, 3.63) is 58.3 Å². The highest BCUT2D eigenvalue weighted by atomic mass is 79.9. The van der Waals surface area contributed by atoms with E-state index in [1.54, 1.807) is 12.3 Å². The first-order chi connectivity index (χ1) is 13.6. The van der Waals surface area contributed by atoms with Crippen molar-refractivity contribution in [2.24, 2.45) is 0 Å². The van der Waals surface area contributed by atoms with Crippen LogP contribution in [0.1, 0.15) is 56.2 Å². The minimum atomic E-state index is -0.470. The van der Waals surface area contributed by atoms with E-state index < -0.39 is 5.95 Å². The van der Waals surface area contributed by atoms with Crippen LogP contribution in [-0.2, 0) is 16.7 Å². The molecule has 2 aromatic heterocycles. The topological polar surface area (TPSA) is 47.0 Å². The van der Waals surface area contributed by atoms with Crippen molar-refractivity contribution in [3.8, 4) is 0 Å². The van der Waals surface area contributed by atoms with E-state index in [1.165, 1.54) is 31.4 Å². The smallest absolute Gasteiger partial charge is 0.227 e. The van der Waals surface area contributed by atoms with Crippen LogP contribution in [0, 0.1) is 5.95 Å². The van der Waals surface area contributed by atoms with Gasteiger partial charge in [-0.05, 0) is 78.3 Å². The Labute approximate surface area is 174 Å². The molecule has 28 heavy (non-hydrogen) atoms. The lowest BCUT2D eigenvalue weighted by Crippen LogP contribution is -2.47. The van der Waals surface area contributed by atoms with Crippen LogP contribution >= 0.6 is 15.9 Å². The molecule has 6 heteroatoms. The summed E-state index contributed by atoms with van der Waals surface area (Å²) in [5.74, 6) is -0.470. The summed E-state index contributed by atoms with van der Waals surface area (Å²) in [5, 5.41) is 3.52. The van der Waals surface area contributed by atoms with Crippen molar-refractivity contribution < 1.29 is 9.13 Å². The zero-order valence-electron chi connectivity index (χ0n) is 16.1. The molecule has 3 heterocycles. The lowest BCUT2D eigenvalue weighted by molar-refractivity contribution is -0.104. The second-order valence-corrected chi connectivity index (χ2v) is 9.06. The number of hydrogen-bond acceptors (Lipinski definition) is 4. The average molecular weight is 448 g/mol. The summed E-state index contributed by atoms with van der Waals surface area (Å²) in [6, 6.07) is 8.04. The van der Waals surface area contributed by atoms with Gasteiger partial charge in [0.25, 0.3) is 0 Å². The molecule has 0 unspecified atom stereocenters. The molecule has 1 N–H and O–H groups in total. The van der Waals surface area contributed by atoms with Crippen molar-refractivity contribution in [2.75, 3.05) is 13.2 Å². The summed E-state index contributed by atoms with van der Waals surface area (Å²) in [4.78, 5) is 8.52.